The minimum absolute atomic E-state index is 0.134. The van der Waals surface area contributed by atoms with E-state index < -0.39 is 6.10 Å². The predicted octanol–water partition coefficient (Wildman–Crippen LogP) is 2.48. The highest BCUT2D eigenvalue weighted by Crippen LogP contribution is 2.44. The number of aliphatic hydroxyl groups is 1. The highest BCUT2D eigenvalue weighted by atomic mass is 32.1. The van der Waals surface area contributed by atoms with Crippen LogP contribution >= 0.6 is 11.3 Å². The number of aromatic nitrogens is 1. The van der Waals surface area contributed by atoms with E-state index in [-0.39, 0.29) is 5.41 Å². The van der Waals surface area contributed by atoms with Crippen molar-refractivity contribution in [3.63, 3.8) is 0 Å². The minimum Gasteiger partial charge on any atom is -0.386 e. The van der Waals surface area contributed by atoms with Crippen LogP contribution in [0.2, 0.25) is 0 Å². The van der Waals surface area contributed by atoms with Gasteiger partial charge in [0.1, 0.15) is 6.10 Å². The SMILES string of the molecule is NCC1(C(O)c2cscn2)CCCCCC1. The van der Waals surface area contributed by atoms with Crippen LogP contribution in [0.5, 0.6) is 0 Å². The smallest absolute Gasteiger partial charge is 0.104 e. The van der Waals surface area contributed by atoms with Gasteiger partial charge in [-0.05, 0) is 12.8 Å². The second-order valence-electron chi connectivity index (χ2n) is 4.80. The van der Waals surface area contributed by atoms with Crippen molar-refractivity contribution in [2.75, 3.05) is 6.54 Å². The highest BCUT2D eigenvalue weighted by molar-refractivity contribution is 7.07. The molecule has 0 aromatic carbocycles. The molecule has 1 aromatic heterocycles. The van der Waals surface area contributed by atoms with Gasteiger partial charge in [0.25, 0.3) is 0 Å². The quantitative estimate of drug-likeness (QED) is 0.798. The molecular formula is C12H20N2OS. The van der Waals surface area contributed by atoms with Gasteiger partial charge in [-0.3, -0.25) is 0 Å². The van der Waals surface area contributed by atoms with Gasteiger partial charge in [0, 0.05) is 17.3 Å². The second kappa shape index (κ2) is 5.25. The topological polar surface area (TPSA) is 59.1 Å². The molecule has 0 amide bonds. The first-order valence-corrected chi connectivity index (χ1v) is 6.99. The Morgan fingerprint density at radius 1 is 1.38 bits per heavy atom. The van der Waals surface area contributed by atoms with Crippen LogP contribution in [0.3, 0.4) is 0 Å². The van der Waals surface area contributed by atoms with Crippen LogP contribution in [0.1, 0.15) is 50.3 Å². The van der Waals surface area contributed by atoms with E-state index in [0.29, 0.717) is 6.54 Å². The van der Waals surface area contributed by atoms with Crippen molar-refractivity contribution in [2.45, 2.75) is 44.6 Å². The van der Waals surface area contributed by atoms with Crippen molar-refractivity contribution in [2.24, 2.45) is 11.1 Å². The first kappa shape index (κ1) is 12.0. The molecule has 4 heteroatoms. The van der Waals surface area contributed by atoms with Crippen LogP contribution in [0.4, 0.5) is 0 Å². The molecule has 0 aliphatic heterocycles. The van der Waals surface area contributed by atoms with Crippen molar-refractivity contribution in [3.05, 3.63) is 16.6 Å². The molecule has 2 rings (SSSR count). The number of hydrogen-bond donors (Lipinski definition) is 2. The van der Waals surface area contributed by atoms with E-state index in [2.05, 4.69) is 4.98 Å². The zero-order valence-electron chi connectivity index (χ0n) is 9.56. The first-order chi connectivity index (χ1) is 7.78. The zero-order chi connectivity index (χ0) is 11.4. The van der Waals surface area contributed by atoms with Gasteiger partial charge in [0.15, 0.2) is 0 Å². The van der Waals surface area contributed by atoms with Crippen LogP contribution in [-0.4, -0.2) is 16.6 Å². The predicted molar refractivity (Wildman–Crippen MR) is 66.3 cm³/mol. The summed E-state index contributed by atoms with van der Waals surface area (Å²) in [6.07, 6.45) is 6.47. The monoisotopic (exact) mass is 240 g/mol. The van der Waals surface area contributed by atoms with Crippen LogP contribution in [0.15, 0.2) is 10.9 Å². The van der Waals surface area contributed by atoms with Gasteiger partial charge in [-0.25, -0.2) is 4.98 Å². The van der Waals surface area contributed by atoms with Gasteiger partial charge in [-0.15, -0.1) is 11.3 Å². The lowest BCUT2D eigenvalue weighted by Gasteiger charge is -2.35. The molecule has 0 bridgehead atoms. The van der Waals surface area contributed by atoms with E-state index in [1.807, 2.05) is 5.38 Å². The summed E-state index contributed by atoms with van der Waals surface area (Å²) >= 11 is 1.53. The van der Waals surface area contributed by atoms with Crippen molar-refractivity contribution < 1.29 is 5.11 Å². The molecule has 1 heterocycles. The van der Waals surface area contributed by atoms with Crippen LogP contribution in [-0.2, 0) is 0 Å². The summed E-state index contributed by atoms with van der Waals surface area (Å²) in [7, 11) is 0. The molecule has 1 aromatic rings. The molecule has 0 saturated heterocycles. The van der Waals surface area contributed by atoms with Gasteiger partial charge in [0.05, 0.1) is 11.2 Å². The maximum Gasteiger partial charge on any atom is 0.104 e. The van der Waals surface area contributed by atoms with Crippen molar-refractivity contribution in [1.29, 1.82) is 0 Å². The summed E-state index contributed by atoms with van der Waals surface area (Å²) < 4.78 is 0. The largest absolute Gasteiger partial charge is 0.386 e. The molecule has 1 aliphatic rings. The average molecular weight is 240 g/mol. The summed E-state index contributed by atoms with van der Waals surface area (Å²) in [5.41, 5.74) is 8.38. The van der Waals surface area contributed by atoms with E-state index in [4.69, 9.17) is 5.73 Å². The molecule has 0 radical (unpaired) electrons. The first-order valence-electron chi connectivity index (χ1n) is 6.05. The van der Waals surface area contributed by atoms with E-state index in [9.17, 15) is 5.11 Å². The second-order valence-corrected chi connectivity index (χ2v) is 5.52. The Bertz CT molecular complexity index is 305. The fourth-order valence-corrected chi connectivity index (χ4v) is 3.27. The van der Waals surface area contributed by atoms with E-state index in [1.54, 1.807) is 5.51 Å². The van der Waals surface area contributed by atoms with Crippen molar-refractivity contribution in [3.8, 4) is 0 Å². The summed E-state index contributed by atoms with van der Waals surface area (Å²) in [4.78, 5) is 4.23. The molecule has 3 nitrogen and oxygen atoms in total. The molecule has 1 atom stereocenters. The Kier molecular flexibility index (Phi) is 3.95. The number of rotatable bonds is 3. The van der Waals surface area contributed by atoms with Gasteiger partial charge in [0.2, 0.25) is 0 Å². The van der Waals surface area contributed by atoms with Gasteiger partial charge in [-0.1, -0.05) is 25.7 Å². The lowest BCUT2D eigenvalue weighted by atomic mass is 9.74. The molecule has 1 fully saturated rings. The summed E-state index contributed by atoms with van der Waals surface area (Å²) in [6.45, 7) is 0.561. The number of aliphatic hydroxyl groups excluding tert-OH is 1. The minimum atomic E-state index is -0.484. The Hall–Kier alpha value is -0.450. The standard InChI is InChI=1S/C12H20N2OS/c13-8-12(5-3-1-2-4-6-12)11(15)10-7-16-9-14-10/h7,9,11,15H,1-6,8,13H2. The molecule has 1 unspecified atom stereocenters. The third-order valence-electron chi connectivity index (χ3n) is 3.82. The fourth-order valence-electron chi connectivity index (χ4n) is 2.69. The molecule has 16 heavy (non-hydrogen) atoms. The summed E-state index contributed by atoms with van der Waals surface area (Å²) in [5.74, 6) is 0. The number of hydrogen-bond acceptors (Lipinski definition) is 4. The molecule has 1 saturated carbocycles. The van der Waals surface area contributed by atoms with E-state index >= 15 is 0 Å². The number of nitrogens with zero attached hydrogens (tertiary/aromatic N) is 1. The Morgan fingerprint density at radius 2 is 2.06 bits per heavy atom. The average Bonchev–Trinajstić information content (AvgIpc) is 2.73. The van der Waals surface area contributed by atoms with E-state index in [0.717, 1.165) is 18.5 Å². The summed E-state index contributed by atoms with van der Waals surface area (Å²) in [6, 6.07) is 0. The maximum absolute atomic E-state index is 10.5. The third-order valence-corrected chi connectivity index (χ3v) is 4.42. The Balaban J connectivity index is 2.18. The highest BCUT2D eigenvalue weighted by Gasteiger charge is 2.38. The summed E-state index contributed by atoms with van der Waals surface area (Å²) in [5, 5.41) is 12.4. The third kappa shape index (κ3) is 2.29. The zero-order valence-corrected chi connectivity index (χ0v) is 10.4. The molecule has 1 aliphatic carbocycles. The maximum atomic E-state index is 10.5. The lowest BCUT2D eigenvalue weighted by Crippen LogP contribution is -2.36. The lowest BCUT2D eigenvalue weighted by molar-refractivity contribution is 0.0140. The van der Waals surface area contributed by atoms with Crippen molar-refractivity contribution in [1.82, 2.24) is 4.98 Å². The van der Waals surface area contributed by atoms with E-state index in [1.165, 1.54) is 37.0 Å². The Labute approximate surface area is 101 Å². The van der Waals surface area contributed by atoms with Crippen LogP contribution in [0.25, 0.3) is 0 Å². The number of nitrogens with two attached hydrogens (primary N) is 1. The molecular weight excluding hydrogens is 220 g/mol. The normalized spacial score (nSPS) is 22.6. The molecule has 90 valence electrons. The van der Waals surface area contributed by atoms with Crippen molar-refractivity contribution >= 4 is 11.3 Å². The fraction of sp³-hybridized carbons (Fsp3) is 0.750. The molecule has 0 spiro atoms. The van der Waals surface area contributed by atoms with Gasteiger partial charge < -0.3 is 10.8 Å². The Morgan fingerprint density at radius 3 is 2.56 bits per heavy atom. The van der Waals surface area contributed by atoms with Gasteiger partial charge >= 0.3 is 0 Å². The van der Waals surface area contributed by atoms with Crippen LogP contribution in [0, 0.1) is 5.41 Å². The van der Waals surface area contributed by atoms with Gasteiger partial charge in [-0.2, -0.15) is 0 Å². The molecule has 3 N–H and O–H groups in total. The van der Waals surface area contributed by atoms with Crippen LogP contribution < -0.4 is 5.73 Å². The number of thiazole rings is 1.